The van der Waals surface area contributed by atoms with Gasteiger partial charge < -0.3 is 19.7 Å². The van der Waals surface area contributed by atoms with Gasteiger partial charge in [0, 0.05) is 23.3 Å². The van der Waals surface area contributed by atoms with Gasteiger partial charge in [0.05, 0.1) is 30.1 Å². The number of hydrogen-bond donors (Lipinski definition) is 2. The van der Waals surface area contributed by atoms with Gasteiger partial charge in [-0.15, -0.1) is 0 Å². The number of nitrogens with zero attached hydrogens (tertiary/aromatic N) is 3. The second-order valence-corrected chi connectivity index (χ2v) is 9.59. The first kappa shape index (κ1) is 28.3. The van der Waals surface area contributed by atoms with E-state index >= 15 is 0 Å². The summed E-state index contributed by atoms with van der Waals surface area (Å²) in [5, 5.41) is 12.3. The van der Waals surface area contributed by atoms with Crippen LogP contribution in [0.15, 0.2) is 47.7 Å². The van der Waals surface area contributed by atoms with Crippen molar-refractivity contribution in [2.24, 2.45) is 0 Å². The van der Waals surface area contributed by atoms with Crippen molar-refractivity contribution in [2.45, 2.75) is 51.9 Å². The summed E-state index contributed by atoms with van der Waals surface area (Å²) in [6, 6.07) is 6.28. The minimum absolute atomic E-state index is 0.00927. The van der Waals surface area contributed by atoms with Crippen molar-refractivity contribution >= 4 is 17.5 Å². The number of aliphatic hydroxyl groups is 1. The third kappa shape index (κ3) is 6.16. The van der Waals surface area contributed by atoms with E-state index in [1.807, 2.05) is 0 Å². The molecule has 0 saturated heterocycles. The number of aromatic nitrogens is 3. The molecule has 1 aromatic carbocycles. The van der Waals surface area contributed by atoms with Crippen molar-refractivity contribution < 1.29 is 27.8 Å². The van der Waals surface area contributed by atoms with Gasteiger partial charge in [0.15, 0.2) is 0 Å². The highest BCUT2D eigenvalue weighted by Crippen LogP contribution is 2.44. The Balaban J connectivity index is 1.79. The topological polar surface area (TPSA) is 98.4 Å². The van der Waals surface area contributed by atoms with Crippen LogP contribution in [0.2, 0.25) is 5.02 Å². The van der Waals surface area contributed by atoms with E-state index < -0.39 is 29.1 Å². The molecule has 2 aromatic heterocycles. The first-order valence-electron chi connectivity index (χ1n) is 11.4. The zero-order valence-corrected chi connectivity index (χ0v) is 21.5. The summed E-state index contributed by atoms with van der Waals surface area (Å²) in [5.41, 5.74) is -1.89. The van der Waals surface area contributed by atoms with Gasteiger partial charge in [-0.3, -0.25) is 14.2 Å². The van der Waals surface area contributed by atoms with E-state index in [0.717, 1.165) is 18.4 Å². The van der Waals surface area contributed by atoms with E-state index in [1.165, 1.54) is 41.2 Å². The number of halogens is 4. The zero-order chi connectivity index (χ0) is 27.5. The molecule has 0 aliphatic carbocycles. The summed E-state index contributed by atoms with van der Waals surface area (Å²) in [6.45, 7) is 4.81. The number of carbonyl (C=O) groups excluding carboxylic acids is 1. The number of aliphatic hydroxyl groups excluding tert-OH is 1. The van der Waals surface area contributed by atoms with Crippen molar-refractivity contribution in [3.8, 4) is 11.4 Å². The lowest BCUT2D eigenvalue weighted by molar-refractivity contribution is -0.180. The van der Waals surface area contributed by atoms with Gasteiger partial charge >= 0.3 is 6.18 Å². The summed E-state index contributed by atoms with van der Waals surface area (Å²) in [6.07, 6.45) is -1.42. The van der Waals surface area contributed by atoms with Crippen LogP contribution in [0.25, 0.3) is 5.69 Å². The van der Waals surface area contributed by atoms with Crippen LogP contribution in [0.5, 0.6) is 5.75 Å². The van der Waals surface area contributed by atoms with Crippen LogP contribution < -0.4 is 15.6 Å². The fourth-order valence-electron chi connectivity index (χ4n) is 3.66. The van der Waals surface area contributed by atoms with Crippen molar-refractivity contribution in [1.29, 1.82) is 0 Å². The van der Waals surface area contributed by atoms with Gasteiger partial charge in [0.25, 0.3) is 11.5 Å². The third-order valence-corrected chi connectivity index (χ3v) is 6.13. The van der Waals surface area contributed by atoms with Crippen LogP contribution in [-0.4, -0.2) is 50.6 Å². The third-order valence-electron chi connectivity index (χ3n) is 5.89. The normalized spacial score (nSPS) is 12.9. The van der Waals surface area contributed by atoms with Gasteiger partial charge in [-0.05, 0) is 58.0 Å². The van der Waals surface area contributed by atoms with Gasteiger partial charge in [0.2, 0.25) is 0 Å². The first-order chi connectivity index (χ1) is 17.3. The minimum Gasteiger partial charge on any atom is -0.491 e. The van der Waals surface area contributed by atoms with Crippen LogP contribution in [0.4, 0.5) is 13.2 Å². The number of aryl methyl sites for hydroxylation is 1. The van der Waals surface area contributed by atoms with E-state index in [9.17, 15) is 27.9 Å². The molecule has 0 saturated carbocycles. The lowest BCUT2D eigenvalue weighted by Crippen LogP contribution is -2.41. The predicted octanol–water partition coefficient (Wildman–Crippen LogP) is 4.03. The Morgan fingerprint density at radius 1 is 1.24 bits per heavy atom. The molecule has 3 rings (SSSR count). The second kappa shape index (κ2) is 11.0. The molecule has 0 fully saturated rings. The fourth-order valence-corrected chi connectivity index (χ4v) is 3.83. The molecule has 3 aromatic rings. The Labute approximate surface area is 216 Å². The number of imidazole rings is 1. The fraction of sp³-hybridized carbons (Fsp3) is 0.400. The smallest absolute Gasteiger partial charge is 0.398 e. The van der Waals surface area contributed by atoms with E-state index in [2.05, 4.69) is 10.3 Å². The molecule has 8 nitrogen and oxygen atoms in total. The largest absolute Gasteiger partial charge is 0.491 e. The molecule has 0 unspecified atom stereocenters. The number of alkyl halides is 3. The summed E-state index contributed by atoms with van der Waals surface area (Å²) in [4.78, 5) is 30.1. The number of rotatable bonds is 9. The monoisotopic (exact) mass is 540 g/mol. The lowest BCUT2D eigenvalue weighted by Gasteiger charge is -2.30. The number of pyridine rings is 1. The molecular formula is C25H28ClF3N4O4. The van der Waals surface area contributed by atoms with Crippen LogP contribution >= 0.6 is 11.6 Å². The van der Waals surface area contributed by atoms with Gasteiger partial charge in [-0.25, -0.2) is 4.98 Å². The average molecular weight is 541 g/mol. The van der Waals surface area contributed by atoms with Crippen LogP contribution in [0.1, 0.15) is 42.5 Å². The van der Waals surface area contributed by atoms with Gasteiger partial charge in [-0.2, -0.15) is 13.2 Å². The number of amides is 1. The van der Waals surface area contributed by atoms with Gasteiger partial charge in [-0.1, -0.05) is 11.6 Å². The predicted molar refractivity (Wildman–Crippen MR) is 133 cm³/mol. The van der Waals surface area contributed by atoms with E-state index in [4.69, 9.17) is 16.3 Å². The molecule has 0 aliphatic heterocycles. The number of benzene rings is 1. The maximum Gasteiger partial charge on any atom is 0.398 e. The van der Waals surface area contributed by atoms with Crippen molar-refractivity contribution in [3.05, 3.63) is 75.2 Å². The lowest BCUT2D eigenvalue weighted by atomic mass is 9.83. The maximum absolute atomic E-state index is 13.7. The molecule has 12 heteroatoms. The zero-order valence-electron chi connectivity index (χ0n) is 20.8. The molecule has 0 radical (unpaired) electrons. The molecule has 1 amide bonds. The Morgan fingerprint density at radius 3 is 2.54 bits per heavy atom. The standard InChI is InChI=1S/C25H28ClF3N4O4/c1-15-12-32(14-30-15)20-7-6-19(33(9-10-34)23(20)36)22(35)31-16(2)13-37-21-8-5-17(26)11-18(21)24(3,4)25(27,28)29/h5-8,11-12,14,16,34H,9-10,13H2,1-4H3,(H,31,35)/t16-/m0/s1. The highest BCUT2D eigenvalue weighted by atomic mass is 35.5. The molecule has 1 atom stereocenters. The van der Waals surface area contributed by atoms with E-state index in [-0.39, 0.29) is 47.5 Å². The quantitative estimate of drug-likeness (QED) is 0.427. The first-order valence-corrected chi connectivity index (χ1v) is 11.8. The van der Waals surface area contributed by atoms with E-state index in [0.29, 0.717) is 5.69 Å². The number of ether oxygens (including phenoxy) is 1. The summed E-state index contributed by atoms with van der Waals surface area (Å²) >= 11 is 5.95. The van der Waals surface area contributed by atoms with Crippen LogP contribution in [-0.2, 0) is 12.0 Å². The maximum atomic E-state index is 13.7. The highest BCUT2D eigenvalue weighted by molar-refractivity contribution is 6.30. The molecule has 2 N–H and O–H groups in total. The number of hydrogen-bond acceptors (Lipinski definition) is 5. The molecule has 0 aliphatic rings. The molecule has 37 heavy (non-hydrogen) atoms. The summed E-state index contributed by atoms with van der Waals surface area (Å²) < 4.78 is 49.3. The van der Waals surface area contributed by atoms with Crippen LogP contribution in [0.3, 0.4) is 0 Å². The summed E-state index contributed by atoms with van der Waals surface area (Å²) in [5.74, 6) is -0.619. The summed E-state index contributed by atoms with van der Waals surface area (Å²) in [7, 11) is 0. The van der Waals surface area contributed by atoms with Gasteiger partial charge in [0.1, 0.15) is 23.7 Å². The second-order valence-electron chi connectivity index (χ2n) is 9.16. The molecular weight excluding hydrogens is 513 g/mol. The number of carbonyl (C=O) groups is 1. The SMILES string of the molecule is Cc1cn(-c2ccc(C(=O)N[C@@H](C)COc3ccc(Cl)cc3C(C)(C)C(F)(F)F)n(CCO)c2=O)cn1. The van der Waals surface area contributed by atoms with Crippen molar-refractivity contribution in [2.75, 3.05) is 13.2 Å². The molecule has 0 spiro atoms. The molecule has 200 valence electrons. The Hall–Kier alpha value is -3.31. The Kier molecular flexibility index (Phi) is 8.38. The van der Waals surface area contributed by atoms with Crippen LogP contribution in [0, 0.1) is 6.92 Å². The molecule has 0 bridgehead atoms. The average Bonchev–Trinajstić information content (AvgIpc) is 3.24. The number of nitrogens with one attached hydrogen (secondary N) is 1. The van der Waals surface area contributed by atoms with E-state index in [1.54, 1.807) is 20.0 Å². The Morgan fingerprint density at radius 2 is 1.95 bits per heavy atom. The van der Waals surface area contributed by atoms with Crippen molar-refractivity contribution in [1.82, 2.24) is 19.4 Å². The highest BCUT2D eigenvalue weighted by Gasteiger charge is 2.50. The Bertz CT molecular complexity index is 1330. The minimum atomic E-state index is -4.55. The van der Waals surface area contributed by atoms with Crippen molar-refractivity contribution in [3.63, 3.8) is 0 Å². The molecule has 2 heterocycles.